The second-order valence-electron chi connectivity index (χ2n) is 28.7. The molecule has 0 aliphatic carbocycles. The van der Waals surface area contributed by atoms with Crippen molar-refractivity contribution in [2.24, 2.45) is 0 Å². The van der Waals surface area contributed by atoms with Crippen molar-refractivity contribution in [1.29, 1.82) is 0 Å². The van der Waals surface area contributed by atoms with Gasteiger partial charge in [-0.1, -0.05) is 217 Å². The van der Waals surface area contributed by atoms with Gasteiger partial charge in [0.2, 0.25) is 0 Å². The predicted molar refractivity (Wildman–Crippen MR) is 375 cm³/mol. The molecule has 8 aromatic rings. The van der Waals surface area contributed by atoms with Gasteiger partial charge in [0.25, 0.3) is 0 Å². The second-order valence-corrected chi connectivity index (χ2v) is 28.7. The van der Waals surface area contributed by atoms with Crippen LogP contribution in [0, 0.1) is 0 Å². The number of ether oxygens (including phenoxy) is 5. The van der Waals surface area contributed by atoms with E-state index in [4.69, 9.17) is 23.7 Å². The first-order valence-electron chi connectivity index (χ1n) is 33.0. The maximum absolute atomic E-state index is 13.0. The number of anilines is 2. The monoisotopic (exact) mass is 1240 g/mol. The van der Waals surface area contributed by atoms with E-state index < -0.39 is 0 Å². The van der Waals surface area contributed by atoms with Gasteiger partial charge in [0.15, 0.2) is 0 Å². The summed E-state index contributed by atoms with van der Waals surface area (Å²) in [7, 11) is 0. The summed E-state index contributed by atoms with van der Waals surface area (Å²) in [4.78, 5) is 25.9. The highest BCUT2D eigenvalue weighted by Crippen LogP contribution is 2.44. The number of nitrogens with one attached hydrogen (secondary N) is 4. The van der Waals surface area contributed by atoms with Crippen LogP contribution in [-0.4, -0.2) is 38.4 Å². The Balaban J connectivity index is 1.21. The van der Waals surface area contributed by atoms with Crippen LogP contribution in [0.2, 0.25) is 0 Å². The second kappa shape index (κ2) is 30.7. The van der Waals surface area contributed by atoms with E-state index in [1.807, 2.05) is 72.8 Å². The molecule has 0 spiro atoms. The van der Waals surface area contributed by atoms with Gasteiger partial charge in [0, 0.05) is 54.9 Å². The molecule has 4 N–H and O–H groups in total. The summed E-state index contributed by atoms with van der Waals surface area (Å²) < 4.78 is 36.1. The van der Waals surface area contributed by atoms with Crippen molar-refractivity contribution in [3.63, 3.8) is 0 Å². The molecular weight excluding hydrogens is 1140 g/mol. The smallest absolute Gasteiger partial charge is 0.319 e. The number of benzene rings is 8. The third-order valence-electron chi connectivity index (χ3n) is 16.8. The number of unbranched alkanes of at least 4 members (excludes halogenated alkanes) is 2. The first-order chi connectivity index (χ1) is 43.9. The van der Waals surface area contributed by atoms with Crippen molar-refractivity contribution in [1.82, 2.24) is 10.6 Å². The van der Waals surface area contributed by atoms with Crippen molar-refractivity contribution in [2.45, 2.75) is 176 Å². The number of amides is 4. The van der Waals surface area contributed by atoms with Crippen molar-refractivity contribution in [3.8, 4) is 23.0 Å². The molecule has 0 fully saturated rings. The van der Waals surface area contributed by atoms with Gasteiger partial charge in [0.05, 0.1) is 26.4 Å². The molecule has 0 saturated heterocycles. The summed E-state index contributed by atoms with van der Waals surface area (Å²) >= 11 is 0. The fourth-order valence-electron chi connectivity index (χ4n) is 11.4. The molecule has 11 heteroatoms. The first-order valence-corrected chi connectivity index (χ1v) is 33.0. The molecule has 0 unspecified atom stereocenters. The van der Waals surface area contributed by atoms with Gasteiger partial charge in [-0.05, 0) is 151 Å². The van der Waals surface area contributed by atoms with E-state index in [1.165, 1.54) is 22.3 Å². The fraction of sp³-hybridized carbons (Fsp3) is 0.383. The Morgan fingerprint density at radius 3 is 0.946 bits per heavy atom. The van der Waals surface area contributed by atoms with Gasteiger partial charge in [-0.3, -0.25) is 0 Å². The van der Waals surface area contributed by atoms with Crippen molar-refractivity contribution in [3.05, 3.63) is 248 Å². The molecule has 0 aromatic heterocycles. The maximum atomic E-state index is 13.0. The average molecular weight is 1240 g/mol. The number of para-hydroxylation sites is 2. The molecule has 11 nitrogen and oxygen atoms in total. The maximum Gasteiger partial charge on any atom is 0.319 e. The molecule has 1 heterocycles. The number of hydrogen-bond donors (Lipinski definition) is 4. The van der Waals surface area contributed by atoms with Crippen molar-refractivity contribution < 1.29 is 33.3 Å². The molecule has 92 heavy (non-hydrogen) atoms. The van der Waals surface area contributed by atoms with Gasteiger partial charge < -0.3 is 45.0 Å². The lowest BCUT2D eigenvalue weighted by Gasteiger charge is -2.29. The zero-order chi connectivity index (χ0) is 65.5. The average Bonchev–Trinajstić information content (AvgIpc) is 0.782. The minimum absolute atomic E-state index is 0.230. The van der Waals surface area contributed by atoms with Crippen LogP contribution in [0.5, 0.6) is 23.0 Å². The van der Waals surface area contributed by atoms with Gasteiger partial charge in [0.1, 0.15) is 36.2 Å². The summed E-state index contributed by atoms with van der Waals surface area (Å²) in [5.41, 5.74) is 15.6. The standard InChI is InChI=1S/C81H98N4O7/c1-78(2,3)66-44-58-41-60-46-67(79(4,5)6)47-61(73(60)91-52-56-29-17-13-18-30-56)43-62-48-68(80(7,8)9)50-64(74(62)90-40-28-26-38-83-77(87)85-71-35-23-16-24-36-71)54-88-55-65-51-69(81(10,11)12)49-63(75(65)92-53-57-31-19-14-20-32-57)42-59(45-66)72(58)89-39-27-25-37-82-76(86)84-70-33-21-15-22-34-70/h13-24,29-36,44-51H,25-28,37-43,52-55H2,1-12H3,(H2,82,84,86)(H2,83,85,87). The van der Waals surface area contributed by atoms with E-state index in [9.17, 15) is 9.59 Å². The highest BCUT2D eigenvalue weighted by molar-refractivity contribution is 5.89. The lowest BCUT2D eigenvalue weighted by molar-refractivity contribution is 0.101. The molecule has 0 saturated carbocycles. The molecule has 0 radical (unpaired) electrons. The Hall–Kier alpha value is -8.54. The van der Waals surface area contributed by atoms with Crippen LogP contribution < -0.4 is 40.2 Å². The van der Waals surface area contributed by atoms with Crippen LogP contribution in [0.4, 0.5) is 21.0 Å². The van der Waals surface area contributed by atoms with Crippen LogP contribution in [0.1, 0.15) is 187 Å². The molecule has 1 aliphatic rings. The van der Waals surface area contributed by atoms with E-state index >= 15 is 0 Å². The minimum Gasteiger partial charge on any atom is -0.493 e. The topological polar surface area (TPSA) is 128 Å². The lowest BCUT2D eigenvalue weighted by Crippen LogP contribution is -2.29. The third-order valence-corrected chi connectivity index (χ3v) is 16.8. The van der Waals surface area contributed by atoms with E-state index in [2.05, 4.69) is 201 Å². The Kier molecular flexibility index (Phi) is 22.7. The quantitative estimate of drug-likeness (QED) is 0.0560. The Labute approximate surface area is 548 Å². The van der Waals surface area contributed by atoms with Gasteiger partial charge in [-0.15, -0.1) is 0 Å². The zero-order valence-corrected chi connectivity index (χ0v) is 56.6. The van der Waals surface area contributed by atoms with Crippen LogP contribution >= 0.6 is 0 Å². The summed E-state index contributed by atoms with van der Waals surface area (Å²) in [5, 5.41) is 12.0. The molecule has 484 valence electrons. The molecule has 8 bridgehead atoms. The molecule has 0 atom stereocenters. The molecule has 9 rings (SSSR count). The van der Waals surface area contributed by atoms with Gasteiger partial charge >= 0.3 is 12.1 Å². The van der Waals surface area contributed by atoms with Crippen LogP contribution in [0.3, 0.4) is 0 Å². The van der Waals surface area contributed by atoms with Crippen molar-refractivity contribution in [2.75, 3.05) is 36.9 Å². The summed E-state index contributed by atoms with van der Waals surface area (Å²) in [6, 6.07) is 58.0. The molecule has 4 amide bonds. The highest BCUT2D eigenvalue weighted by atomic mass is 16.5. The number of carbonyl (C=O) groups excluding carboxylic acids is 2. The summed E-state index contributed by atoms with van der Waals surface area (Å²) in [5.74, 6) is 3.26. The summed E-state index contributed by atoms with van der Waals surface area (Å²) in [6.07, 6.45) is 4.37. The lowest BCUT2D eigenvalue weighted by atomic mass is 9.80. The normalized spacial score (nSPS) is 12.8. The van der Waals surface area contributed by atoms with Crippen molar-refractivity contribution >= 4 is 23.4 Å². The fourth-order valence-corrected chi connectivity index (χ4v) is 11.4. The zero-order valence-electron chi connectivity index (χ0n) is 56.6. The Bertz CT molecular complexity index is 3730. The highest BCUT2D eigenvalue weighted by Gasteiger charge is 2.29. The van der Waals surface area contributed by atoms with Crippen LogP contribution in [0.25, 0.3) is 0 Å². The largest absolute Gasteiger partial charge is 0.493 e. The molecular formula is C81H98N4O7. The predicted octanol–water partition coefficient (Wildman–Crippen LogP) is 18.8. The van der Waals surface area contributed by atoms with Gasteiger partial charge in [-0.2, -0.15) is 0 Å². The van der Waals surface area contributed by atoms with E-state index in [0.29, 0.717) is 84.5 Å². The van der Waals surface area contributed by atoms with Crippen LogP contribution in [-0.2, 0) is 72.1 Å². The van der Waals surface area contributed by atoms with Gasteiger partial charge in [-0.25, -0.2) is 9.59 Å². The first kappa shape index (κ1) is 67.8. The Morgan fingerprint density at radius 1 is 0.359 bits per heavy atom. The molecule has 1 aliphatic heterocycles. The van der Waals surface area contributed by atoms with E-state index in [0.717, 1.165) is 90.0 Å². The number of rotatable bonds is 20. The molecule has 8 aromatic carbocycles. The number of carbonyl (C=O) groups is 2. The SMILES string of the molecule is CC(C)(C)c1cc2c(OCc3ccccc3)c(c1)Cc1cc(C(C)(C)C)cc(c1OCCCCNC(=O)Nc1ccccc1)Cc1cc(C(C)(C)C)cc(c1OCc1ccccc1)Cc1cc(C(C)(C)C)cc(c1OCCCCNC(=O)Nc1ccccc1)COC2. The Morgan fingerprint density at radius 2 is 0.630 bits per heavy atom. The number of urea groups is 2. The number of hydrogen-bond acceptors (Lipinski definition) is 7. The summed E-state index contributed by atoms with van der Waals surface area (Å²) in [6.45, 7) is 30.4. The minimum atomic E-state index is -0.244. The van der Waals surface area contributed by atoms with E-state index in [-0.39, 0.29) is 46.9 Å². The number of fused-ring (bicyclic) bond motifs is 8. The van der Waals surface area contributed by atoms with E-state index in [1.54, 1.807) is 0 Å². The third kappa shape index (κ3) is 19.3. The van der Waals surface area contributed by atoms with Crippen LogP contribution in [0.15, 0.2) is 170 Å².